The van der Waals surface area contributed by atoms with Crippen LogP contribution in [0.15, 0.2) is 30.8 Å². The molecule has 0 spiro atoms. The van der Waals surface area contributed by atoms with Crippen LogP contribution in [0.2, 0.25) is 0 Å². The normalized spacial score (nSPS) is 23.8. The standard InChI is InChI=1S/C19H27NO2/c1-7-15-8-10-16(11-9-15)17(21)22-20-13-12-14(2)18(3,4)19(20,5)6/h7-11,14H,1,12-13H2,2-6H3. The van der Waals surface area contributed by atoms with Crippen LogP contribution in [0, 0.1) is 11.3 Å². The second-order valence-electron chi connectivity index (χ2n) is 7.28. The lowest BCUT2D eigenvalue weighted by molar-refractivity contribution is -0.231. The monoisotopic (exact) mass is 301 g/mol. The predicted molar refractivity (Wildman–Crippen MR) is 90.3 cm³/mol. The third-order valence-electron chi connectivity index (χ3n) is 5.77. The van der Waals surface area contributed by atoms with Gasteiger partial charge in [-0.2, -0.15) is 0 Å². The van der Waals surface area contributed by atoms with E-state index in [9.17, 15) is 4.79 Å². The number of hydrogen-bond donors (Lipinski definition) is 0. The highest BCUT2D eigenvalue weighted by molar-refractivity contribution is 5.89. The first kappa shape index (κ1) is 16.8. The quantitative estimate of drug-likeness (QED) is 0.820. The van der Waals surface area contributed by atoms with E-state index in [1.54, 1.807) is 18.2 Å². The summed E-state index contributed by atoms with van der Waals surface area (Å²) in [4.78, 5) is 18.1. The predicted octanol–water partition coefficient (Wildman–Crippen LogP) is 4.55. The molecule has 1 fully saturated rings. The zero-order chi connectivity index (χ0) is 16.5. The summed E-state index contributed by atoms with van der Waals surface area (Å²) in [5, 5.41) is 1.86. The van der Waals surface area contributed by atoms with Gasteiger partial charge < -0.3 is 4.84 Å². The molecule has 0 saturated carbocycles. The van der Waals surface area contributed by atoms with Gasteiger partial charge in [0, 0.05) is 6.54 Å². The molecule has 0 aliphatic carbocycles. The first-order chi connectivity index (χ1) is 10.2. The number of hydrogen-bond acceptors (Lipinski definition) is 3. The van der Waals surface area contributed by atoms with Crippen molar-refractivity contribution in [2.75, 3.05) is 6.54 Å². The molecule has 1 saturated heterocycles. The molecule has 0 bridgehead atoms. The molecule has 0 aromatic heterocycles. The molecule has 1 aromatic rings. The second kappa shape index (κ2) is 5.88. The van der Waals surface area contributed by atoms with Crippen molar-refractivity contribution in [3.63, 3.8) is 0 Å². The summed E-state index contributed by atoms with van der Waals surface area (Å²) in [6.07, 6.45) is 2.78. The summed E-state index contributed by atoms with van der Waals surface area (Å²) < 4.78 is 0. The van der Waals surface area contributed by atoms with Crippen molar-refractivity contribution in [1.82, 2.24) is 5.06 Å². The number of piperidine rings is 1. The highest BCUT2D eigenvalue weighted by Gasteiger charge is 2.50. The Morgan fingerprint density at radius 2 is 1.86 bits per heavy atom. The summed E-state index contributed by atoms with van der Waals surface area (Å²) in [6, 6.07) is 7.31. The zero-order valence-electron chi connectivity index (χ0n) is 14.3. The summed E-state index contributed by atoms with van der Waals surface area (Å²) in [7, 11) is 0. The van der Waals surface area contributed by atoms with Gasteiger partial charge in [0.15, 0.2) is 0 Å². The molecule has 1 unspecified atom stereocenters. The third kappa shape index (κ3) is 2.82. The van der Waals surface area contributed by atoms with Crippen LogP contribution >= 0.6 is 0 Å². The van der Waals surface area contributed by atoms with E-state index < -0.39 is 0 Å². The van der Waals surface area contributed by atoms with Crippen LogP contribution in [0.5, 0.6) is 0 Å². The van der Waals surface area contributed by atoms with Gasteiger partial charge in [0.25, 0.3) is 0 Å². The Hall–Kier alpha value is -1.61. The highest BCUT2D eigenvalue weighted by Crippen LogP contribution is 2.47. The van der Waals surface area contributed by atoms with Gasteiger partial charge in [-0.15, -0.1) is 5.06 Å². The smallest absolute Gasteiger partial charge is 0.357 e. The minimum Gasteiger partial charge on any atom is -0.363 e. The zero-order valence-corrected chi connectivity index (χ0v) is 14.3. The van der Waals surface area contributed by atoms with Crippen LogP contribution in [0.1, 0.15) is 57.0 Å². The third-order valence-corrected chi connectivity index (χ3v) is 5.77. The Bertz CT molecular complexity index is 557. The molecule has 3 heteroatoms. The van der Waals surface area contributed by atoms with Gasteiger partial charge in [0.1, 0.15) is 0 Å². The molecule has 0 N–H and O–H groups in total. The molecular formula is C19H27NO2. The van der Waals surface area contributed by atoms with Gasteiger partial charge in [-0.25, -0.2) is 4.79 Å². The van der Waals surface area contributed by atoms with Gasteiger partial charge in [-0.05, 0) is 49.3 Å². The van der Waals surface area contributed by atoms with Gasteiger partial charge in [0.05, 0.1) is 11.1 Å². The van der Waals surface area contributed by atoms with E-state index in [0.29, 0.717) is 11.5 Å². The Kier molecular flexibility index (Phi) is 4.48. The molecular weight excluding hydrogens is 274 g/mol. The number of hydroxylamine groups is 2. The minimum atomic E-state index is -0.297. The molecule has 1 atom stereocenters. The fourth-order valence-electron chi connectivity index (χ4n) is 2.94. The van der Waals surface area contributed by atoms with Crippen LogP contribution in [0.3, 0.4) is 0 Å². The topological polar surface area (TPSA) is 29.5 Å². The average molecular weight is 301 g/mol. The van der Waals surface area contributed by atoms with Crippen LogP contribution in [0.4, 0.5) is 0 Å². The number of nitrogens with zero attached hydrogens (tertiary/aromatic N) is 1. The lowest BCUT2D eigenvalue weighted by Crippen LogP contribution is -2.60. The fraction of sp³-hybridized carbons (Fsp3) is 0.526. The van der Waals surface area contributed by atoms with Crippen molar-refractivity contribution in [3.8, 4) is 0 Å². The molecule has 3 nitrogen and oxygen atoms in total. The number of carbonyl (C=O) groups is 1. The van der Waals surface area contributed by atoms with E-state index in [1.165, 1.54) is 0 Å². The van der Waals surface area contributed by atoms with Crippen molar-refractivity contribution in [3.05, 3.63) is 42.0 Å². The summed E-state index contributed by atoms with van der Waals surface area (Å²) >= 11 is 0. The van der Waals surface area contributed by atoms with E-state index in [0.717, 1.165) is 18.5 Å². The molecule has 120 valence electrons. The van der Waals surface area contributed by atoms with Crippen molar-refractivity contribution in [2.24, 2.45) is 11.3 Å². The fourth-order valence-corrected chi connectivity index (χ4v) is 2.94. The summed E-state index contributed by atoms with van der Waals surface area (Å²) in [5.41, 5.74) is 1.42. The van der Waals surface area contributed by atoms with E-state index in [1.807, 2.05) is 17.2 Å². The first-order valence-electron chi connectivity index (χ1n) is 7.92. The molecule has 0 radical (unpaired) electrons. The van der Waals surface area contributed by atoms with Gasteiger partial charge in [0.2, 0.25) is 0 Å². The second-order valence-corrected chi connectivity index (χ2v) is 7.28. The summed E-state index contributed by atoms with van der Waals surface area (Å²) in [6.45, 7) is 15.6. The molecule has 1 aliphatic rings. The van der Waals surface area contributed by atoms with E-state index in [-0.39, 0.29) is 16.9 Å². The Morgan fingerprint density at radius 3 is 2.41 bits per heavy atom. The maximum Gasteiger partial charge on any atom is 0.357 e. The van der Waals surface area contributed by atoms with Crippen molar-refractivity contribution >= 4 is 12.0 Å². The van der Waals surface area contributed by atoms with Crippen molar-refractivity contribution < 1.29 is 9.63 Å². The molecule has 0 amide bonds. The molecule has 1 aliphatic heterocycles. The van der Waals surface area contributed by atoms with Gasteiger partial charge in [-0.1, -0.05) is 45.6 Å². The van der Waals surface area contributed by atoms with E-state index in [2.05, 4.69) is 41.2 Å². The van der Waals surface area contributed by atoms with Crippen molar-refractivity contribution in [2.45, 2.75) is 46.6 Å². The van der Waals surface area contributed by atoms with E-state index in [4.69, 9.17) is 4.84 Å². The molecule has 22 heavy (non-hydrogen) atoms. The summed E-state index contributed by atoms with van der Waals surface area (Å²) in [5.74, 6) is 0.290. The molecule has 1 heterocycles. The minimum absolute atomic E-state index is 0.0677. The highest BCUT2D eigenvalue weighted by atomic mass is 16.7. The van der Waals surface area contributed by atoms with Gasteiger partial charge >= 0.3 is 5.97 Å². The van der Waals surface area contributed by atoms with Gasteiger partial charge in [-0.3, -0.25) is 0 Å². The van der Waals surface area contributed by atoms with Crippen LogP contribution in [0.25, 0.3) is 6.08 Å². The first-order valence-corrected chi connectivity index (χ1v) is 7.92. The largest absolute Gasteiger partial charge is 0.363 e. The van der Waals surface area contributed by atoms with Crippen LogP contribution in [-0.2, 0) is 4.84 Å². The number of carbonyl (C=O) groups excluding carboxylic acids is 1. The lowest BCUT2D eigenvalue weighted by atomic mass is 9.63. The average Bonchev–Trinajstić information content (AvgIpc) is 2.49. The maximum atomic E-state index is 12.4. The molecule has 1 aromatic carbocycles. The van der Waals surface area contributed by atoms with E-state index >= 15 is 0 Å². The Balaban J connectivity index is 2.15. The van der Waals surface area contributed by atoms with Crippen molar-refractivity contribution in [1.29, 1.82) is 0 Å². The van der Waals surface area contributed by atoms with Crippen LogP contribution < -0.4 is 0 Å². The Morgan fingerprint density at radius 1 is 1.27 bits per heavy atom. The maximum absolute atomic E-state index is 12.4. The number of benzene rings is 1. The molecule has 2 rings (SSSR count). The lowest BCUT2D eigenvalue weighted by Gasteiger charge is -2.54. The SMILES string of the molecule is C=Cc1ccc(C(=O)ON2CCC(C)C(C)(C)C2(C)C)cc1. The Labute approximate surface area is 133 Å². The number of rotatable bonds is 3. The van der Waals surface area contributed by atoms with Crippen LogP contribution in [-0.4, -0.2) is 23.1 Å².